The molecule has 8 heteroatoms. The number of hydrogen-bond acceptors (Lipinski definition) is 5. The first-order chi connectivity index (χ1) is 13.0. The van der Waals surface area contributed by atoms with E-state index in [0.29, 0.717) is 12.5 Å². The minimum Gasteiger partial charge on any atom is -0.356 e. The van der Waals surface area contributed by atoms with Gasteiger partial charge in [0.15, 0.2) is 0 Å². The minimum absolute atomic E-state index is 0.183. The van der Waals surface area contributed by atoms with E-state index < -0.39 is 23.1 Å². The Morgan fingerprint density at radius 3 is 2.52 bits per heavy atom. The highest BCUT2D eigenvalue weighted by molar-refractivity contribution is 5.94. The third kappa shape index (κ3) is 4.90. The summed E-state index contributed by atoms with van der Waals surface area (Å²) in [5.41, 5.74) is 0.280. The lowest BCUT2D eigenvalue weighted by molar-refractivity contribution is 0.0946. The molecule has 3 rings (SSSR count). The van der Waals surface area contributed by atoms with Crippen molar-refractivity contribution >= 4 is 17.7 Å². The monoisotopic (exact) mass is 375 g/mol. The average Bonchev–Trinajstić information content (AvgIpc) is 2.65. The molecule has 0 saturated carbocycles. The topological polar surface area (TPSA) is 70.2 Å². The SMILES string of the molecule is Cc1cc(N2CCCCC2)nc(NCCNC(=O)c2c(F)cccc2F)n1. The molecule has 0 atom stereocenters. The van der Waals surface area contributed by atoms with Gasteiger partial charge in [-0.2, -0.15) is 4.98 Å². The zero-order valence-corrected chi connectivity index (χ0v) is 15.3. The summed E-state index contributed by atoms with van der Waals surface area (Å²) < 4.78 is 27.2. The van der Waals surface area contributed by atoms with Crippen LogP contribution in [0.2, 0.25) is 0 Å². The quantitative estimate of drug-likeness (QED) is 0.760. The van der Waals surface area contributed by atoms with Crippen LogP contribution in [0.4, 0.5) is 20.5 Å². The number of hydrogen-bond donors (Lipinski definition) is 2. The number of piperidine rings is 1. The highest BCUT2D eigenvalue weighted by Crippen LogP contribution is 2.19. The van der Waals surface area contributed by atoms with Crippen LogP contribution in [0.3, 0.4) is 0 Å². The van der Waals surface area contributed by atoms with Gasteiger partial charge >= 0.3 is 0 Å². The van der Waals surface area contributed by atoms with E-state index in [1.807, 2.05) is 13.0 Å². The van der Waals surface area contributed by atoms with Crippen molar-refractivity contribution < 1.29 is 13.6 Å². The van der Waals surface area contributed by atoms with Crippen LogP contribution in [0.25, 0.3) is 0 Å². The van der Waals surface area contributed by atoms with Gasteiger partial charge in [-0.15, -0.1) is 0 Å². The van der Waals surface area contributed by atoms with Crippen molar-refractivity contribution in [2.45, 2.75) is 26.2 Å². The molecule has 2 aromatic rings. The lowest BCUT2D eigenvalue weighted by Crippen LogP contribution is -2.31. The van der Waals surface area contributed by atoms with E-state index in [-0.39, 0.29) is 6.54 Å². The molecule has 6 nitrogen and oxygen atoms in total. The number of carbonyl (C=O) groups excluding carboxylic acids is 1. The highest BCUT2D eigenvalue weighted by atomic mass is 19.1. The number of aromatic nitrogens is 2. The maximum Gasteiger partial charge on any atom is 0.257 e. The average molecular weight is 375 g/mol. The van der Waals surface area contributed by atoms with Crippen molar-refractivity contribution in [2.75, 3.05) is 36.4 Å². The van der Waals surface area contributed by atoms with E-state index in [2.05, 4.69) is 25.5 Å². The first-order valence-corrected chi connectivity index (χ1v) is 9.11. The van der Waals surface area contributed by atoms with Crippen molar-refractivity contribution in [3.05, 3.63) is 47.2 Å². The molecule has 1 aliphatic rings. The van der Waals surface area contributed by atoms with Gasteiger partial charge in [0.1, 0.15) is 23.0 Å². The third-order valence-electron chi connectivity index (χ3n) is 4.40. The van der Waals surface area contributed by atoms with E-state index in [9.17, 15) is 13.6 Å². The number of benzene rings is 1. The molecule has 1 aromatic heterocycles. The number of nitrogens with zero attached hydrogens (tertiary/aromatic N) is 3. The molecule has 1 aliphatic heterocycles. The Morgan fingerprint density at radius 2 is 1.81 bits per heavy atom. The van der Waals surface area contributed by atoms with Gasteiger partial charge < -0.3 is 15.5 Å². The summed E-state index contributed by atoms with van der Waals surface area (Å²) in [5, 5.41) is 5.55. The van der Waals surface area contributed by atoms with Crippen LogP contribution in [0.5, 0.6) is 0 Å². The third-order valence-corrected chi connectivity index (χ3v) is 4.40. The van der Waals surface area contributed by atoms with Crippen LogP contribution >= 0.6 is 0 Å². The second kappa shape index (κ2) is 8.75. The van der Waals surface area contributed by atoms with Crippen LogP contribution in [-0.2, 0) is 0 Å². The lowest BCUT2D eigenvalue weighted by atomic mass is 10.1. The molecule has 1 amide bonds. The molecule has 2 N–H and O–H groups in total. The molecule has 0 unspecified atom stereocenters. The van der Waals surface area contributed by atoms with E-state index in [1.165, 1.54) is 12.5 Å². The number of aryl methyl sites for hydroxylation is 1. The van der Waals surface area contributed by atoms with Gasteiger partial charge in [-0.1, -0.05) is 6.07 Å². The van der Waals surface area contributed by atoms with E-state index in [4.69, 9.17) is 0 Å². The molecule has 0 spiro atoms. The first-order valence-electron chi connectivity index (χ1n) is 9.11. The minimum atomic E-state index is -0.881. The lowest BCUT2D eigenvalue weighted by Gasteiger charge is -2.28. The van der Waals surface area contributed by atoms with Crippen LogP contribution in [0, 0.1) is 18.6 Å². The normalized spacial score (nSPS) is 14.1. The largest absolute Gasteiger partial charge is 0.356 e. The van der Waals surface area contributed by atoms with Gasteiger partial charge in [-0.05, 0) is 38.3 Å². The smallest absolute Gasteiger partial charge is 0.257 e. The Kier molecular flexibility index (Phi) is 6.16. The van der Waals surface area contributed by atoms with Gasteiger partial charge in [-0.25, -0.2) is 13.8 Å². The number of anilines is 2. The summed E-state index contributed by atoms with van der Waals surface area (Å²) in [4.78, 5) is 23.1. The zero-order valence-electron chi connectivity index (χ0n) is 15.3. The predicted molar refractivity (Wildman–Crippen MR) is 100 cm³/mol. The standard InChI is InChI=1S/C19H23F2N5O/c1-13-12-16(26-10-3-2-4-11-26)25-19(24-13)23-9-8-22-18(27)17-14(20)6-5-7-15(17)21/h5-7,12H,2-4,8-11H2,1H3,(H,22,27)(H,23,24,25). The molecule has 1 aromatic carbocycles. The summed E-state index contributed by atoms with van der Waals surface area (Å²) in [7, 11) is 0. The first kappa shape index (κ1) is 19.0. The summed E-state index contributed by atoms with van der Waals surface area (Å²) in [6, 6.07) is 5.29. The van der Waals surface area contributed by atoms with E-state index >= 15 is 0 Å². The Bertz CT molecular complexity index is 788. The number of halogens is 2. The van der Waals surface area contributed by atoms with Gasteiger partial charge in [0.2, 0.25) is 5.95 Å². The molecule has 2 heterocycles. The second-order valence-electron chi connectivity index (χ2n) is 6.52. The Hall–Kier alpha value is -2.77. The number of amides is 1. The molecule has 27 heavy (non-hydrogen) atoms. The fourth-order valence-electron chi connectivity index (χ4n) is 3.07. The van der Waals surface area contributed by atoms with Gasteiger partial charge in [-0.3, -0.25) is 4.79 Å². The van der Waals surface area contributed by atoms with Crippen LogP contribution in [0.15, 0.2) is 24.3 Å². The Morgan fingerprint density at radius 1 is 1.11 bits per heavy atom. The van der Waals surface area contributed by atoms with Crippen LogP contribution in [-0.4, -0.2) is 42.1 Å². The van der Waals surface area contributed by atoms with Crippen molar-refractivity contribution in [1.82, 2.24) is 15.3 Å². The van der Waals surface area contributed by atoms with Crippen molar-refractivity contribution in [2.24, 2.45) is 0 Å². The number of rotatable bonds is 6. The summed E-state index contributed by atoms with van der Waals surface area (Å²) >= 11 is 0. The second-order valence-corrected chi connectivity index (χ2v) is 6.52. The molecule has 144 valence electrons. The van der Waals surface area contributed by atoms with Gasteiger partial charge in [0, 0.05) is 37.9 Å². The Labute approximate surface area is 157 Å². The molecular weight excluding hydrogens is 352 g/mol. The fraction of sp³-hybridized carbons (Fsp3) is 0.421. The summed E-state index contributed by atoms with van der Waals surface area (Å²) in [6.45, 7) is 4.40. The van der Waals surface area contributed by atoms with Crippen LogP contribution < -0.4 is 15.5 Å². The fourth-order valence-corrected chi connectivity index (χ4v) is 3.07. The van der Waals surface area contributed by atoms with Crippen molar-refractivity contribution in [1.29, 1.82) is 0 Å². The van der Waals surface area contributed by atoms with Crippen molar-refractivity contribution in [3.8, 4) is 0 Å². The van der Waals surface area contributed by atoms with Gasteiger partial charge in [0.05, 0.1) is 0 Å². The molecule has 0 bridgehead atoms. The maximum atomic E-state index is 13.6. The zero-order chi connectivity index (χ0) is 19.2. The Balaban J connectivity index is 1.54. The molecule has 1 fully saturated rings. The van der Waals surface area contributed by atoms with Crippen LogP contribution in [0.1, 0.15) is 35.3 Å². The van der Waals surface area contributed by atoms with E-state index in [1.54, 1.807) is 0 Å². The van der Waals surface area contributed by atoms with Gasteiger partial charge in [0.25, 0.3) is 5.91 Å². The number of carbonyl (C=O) groups is 1. The van der Waals surface area contributed by atoms with E-state index in [0.717, 1.165) is 49.6 Å². The highest BCUT2D eigenvalue weighted by Gasteiger charge is 2.16. The number of nitrogens with one attached hydrogen (secondary N) is 2. The molecule has 0 aliphatic carbocycles. The maximum absolute atomic E-state index is 13.6. The predicted octanol–water partition coefficient (Wildman–Crippen LogP) is 2.90. The summed E-state index contributed by atoms with van der Waals surface area (Å²) in [5.74, 6) is -1.18. The van der Waals surface area contributed by atoms with Crippen molar-refractivity contribution in [3.63, 3.8) is 0 Å². The molecule has 1 saturated heterocycles. The molecule has 0 radical (unpaired) electrons. The summed E-state index contributed by atoms with van der Waals surface area (Å²) in [6.07, 6.45) is 3.56. The molecular formula is C19H23F2N5O.